The monoisotopic (exact) mass is 359 g/mol. The maximum Gasteiger partial charge on any atom is 0.307 e. The minimum absolute atomic E-state index is 0.131. The molecule has 5 nitrogen and oxygen atoms in total. The molecule has 0 radical (unpaired) electrons. The molecule has 132 valence electrons. The minimum atomic E-state index is -1.09. The second kappa shape index (κ2) is 9.13. The standard InChI is InChI=1S/C19H21NO4S/c1-24-18(21)12-13-20(14-15-6-4-3-5-7-15)19(22)16-8-10-17(11-9-16)25(2)23/h3-11H,12-14H2,1-2H3. The lowest BCUT2D eigenvalue weighted by atomic mass is 10.1. The molecule has 0 spiro atoms. The summed E-state index contributed by atoms with van der Waals surface area (Å²) in [4.78, 5) is 26.6. The topological polar surface area (TPSA) is 63.7 Å². The van der Waals surface area contributed by atoms with Gasteiger partial charge in [0.1, 0.15) is 0 Å². The van der Waals surface area contributed by atoms with Gasteiger partial charge in [0.05, 0.1) is 13.5 Å². The smallest absolute Gasteiger partial charge is 0.307 e. The molecule has 0 saturated carbocycles. The fourth-order valence-electron chi connectivity index (χ4n) is 2.36. The predicted molar refractivity (Wildman–Crippen MR) is 96.6 cm³/mol. The number of methoxy groups -OCH3 is 1. The Morgan fingerprint density at radius 3 is 2.24 bits per heavy atom. The van der Waals surface area contributed by atoms with Gasteiger partial charge in [0.25, 0.3) is 5.91 Å². The number of benzene rings is 2. The molecule has 0 aliphatic rings. The average Bonchev–Trinajstić information content (AvgIpc) is 2.65. The molecule has 0 saturated heterocycles. The van der Waals surface area contributed by atoms with Gasteiger partial charge in [-0.05, 0) is 29.8 Å². The van der Waals surface area contributed by atoms with Crippen LogP contribution in [0.1, 0.15) is 22.3 Å². The zero-order valence-corrected chi connectivity index (χ0v) is 15.1. The minimum Gasteiger partial charge on any atom is -0.469 e. The Kier molecular flexibility index (Phi) is 6.89. The van der Waals surface area contributed by atoms with Crippen LogP contribution in [0.15, 0.2) is 59.5 Å². The average molecular weight is 359 g/mol. The lowest BCUT2D eigenvalue weighted by Gasteiger charge is -2.22. The van der Waals surface area contributed by atoms with Crippen LogP contribution >= 0.6 is 0 Å². The third kappa shape index (κ3) is 5.53. The Morgan fingerprint density at radius 2 is 1.68 bits per heavy atom. The molecule has 2 aromatic carbocycles. The number of ether oxygens (including phenoxy) is 1. The Bertz CT molecular complexity index is 744. The molecule has 6 heteroatoms. The normalized spacial score (nSPS) is 11.6. The quantitative estimate of drug-likeness (QED) is 0.713. The van der Waals surface area contributed by atoms with Gasteiger partial charge >= 0.3 is 5.97 Å². The lowest BCUT2D eigenvalue weighted by molar-refractivity contribution is -0.140. The Morgan fingerprint density at radius 1 is 1.04 bits per heavy atom. The van der Waals surface area contributed by atoms with Crippen molar-refractivity contribution in [2.45, 2.75) is 17.9 Å². The van der Waals surface area contributed by atoms with Crippen LogP contribution in [0.3, 0.4) is 0 Å². The SMILES string of the molecule is COC(=O)CCN(Cc1ccccc1)C(=O)c1ccc(S(C)=O)cc1. The Hall–Kier alpha value is -2.47. The van der Waals surface area contributed by atoms with E-state index in [4.69, 9.17) is 0 Å². The zero-order valence-electron chi connectivity index (χ0n) is 14.3. The fraction of sp³-hybridized carbons (Fsp3) is 0.263. The van der Waals surface area contributed by atoms with E-state index in [9.17, 15) is 13.8 Å². The van der Waals surface area contributed by atoms with Crippen molar-refractivity contribution in [3.8, 4) is 0 Å². The van der Waals surface area contributed by atoms with E-state index in [1.165, 1.54) is 7.11 Å². The number of rotatable bonds is 7. The Balaban J connectivity index is 2.18. The van der Waals surface area contributed by atoms with E-state index in [-0.39, 0.29) is 24.8 Å². The highest BCUT2D eigenvalue weighted by Gasteiger charge is 2.18. The van der Waals surface area contributed by atoms with E-state index in [1.54, 1.807) is 35.4 Å². The first kappa shape index (κ1) is 18.9. The predicted octanol–water partition coefficient (Wildman–Crippen LogP) is 2.63. The number of carbonyl (C=O) groups is 2. The summed E-state index contributed by atoms with van der Waals surface area (Å²) in [6, 6.07) is 16.3. The first-order valence-corrected chi connectivity index (χ1v) is 9.40. The van der Waals surface area contributed by atoms with Gasteiger partial charge in [0.15, 0.2) is 0 Å². The Labute approximate surface area is 150 Å². The van der Waals surface area contributed by atoms with Gasteiger partial charge in [-0.2, -0.15) is 0 Å². The number of nitrogens with zero attached hydrogens (tertiary/aromatic N) is 1. The molecule has 0 N–H and O–H groups in total. The van der Waals surface area contributed by atoms with Crippen molar-refractivity contribution in [2.24, 2.45) is 0 Å². The van der Waals surface area contributed by atoms with Crippen molar-refractivity contribution >= 4 is 22.7 Å². The van der Waals surface area contributed by atoms with Crippen LogP contribution in [0, 0.1) is 0 Å². The third-order valence-electron chi connectivity index (χ3n) is 3.75. The van der Waals surface area contributed by atoms with Crippen molar-refractivity contribution in [1.29, 1.82) is 0 Å². The molecule has 2 aromatic rings. The van der Waals surface area contributed by atoms with E-state index in [2.05, 4.69) is 4.74 Å². The molecular formula is C19H21NO4S. The van der Waals surface area contributed by atoms with Crippen LogP contribution < -0.4 is 0 Å². The second-order valence-corrected chi connectivity index (χ2v) is 6.90. The highest BCUT2D eigenvalue weighted by Crippen LogP contribution is 2.13. The van der Waals surface area contributed by atoms with Crippen molar-refractivity contribution in [3.63, 3.8) is 0 Å². The molecule has 1 unspecified atom stereocenters. The largest absolute Gasteiger partial charge is 0.469 e. The van der Waals surface area contributed by atoms with Crippen LogP contribution in [0.4, 0.5) is 0 Å². The maximum atomic E-state index is 12.8. The van der Waals surface area contributed by atoms with Crippen LogP contribution in [0.5, 0.6) is 0 Å². The van der Waals surface area contributed by atoms with Gasteiger partial charge in [-0.15, -0.1) is 0 Å². The molecule has 0 aliphatic carbocycles. The number of amides is 1. The summed E-state index contributed by atoms with van der Waals surface area (Å²) in [5.41, 5.74) is 1.47. The summed E-state index contributed by atoms with van der Waals surface area (Å²) in [5, 5.41) is 0. The van der Waals surface area contributed by atoms with Gasteiger partial charge in [-0.1, -0.05) is 30.3 Å². The van der Waals surface area contributed by atoms with E-state index in [0.717, 1.165) is 5.56 Å². The molecule has 1 amide bonds. The summed E-state index contributed by atoms with van der Waals surface area (Å²) in [7, 11) is 0.239. The summed E-state index contributed by atoms with van der Waals surface area (Å²) in [5.74, 6) is -0.538. The van der Waals surface area contributed by atoms with Gasteiger partial charge in [0.2, 0.25) is 0 Å². The molecule has 0 aliphatic heterocycles. The number of hydrogen-bond donors (Lipinski definition) is 0. The van der Waals surface area contributed by atoms with E-state index in [1.807, 2.05) is 30.3 Å². The van der Waals surface area contributed by atoms with Crippen molar-refractivity contribution in [2.75, 3.05) is 19.9 Å². The first-order valence-electron chi connectivity index (χ1n) is 7.84. The summed E-state index contributed by atoms with van der Waals surface area (Å²) < 4.78 is 16.1. The maximum absolute atomic E-state index is 12.8. The lowest BCUT2D eigenvalue weighted by Crippen LogP contribution is -2.32. The number of carbonyl (C=O) groups excluding carboxylic acids is 2. The second-order valence-electron chi connectivity index (χ2n) is 5.52. The van der Waals surface area contributed by atoms with Gasteiger partial charge in [-0.3, -0.25) is 13.8 Å². The van der Waals surface area contributed by atoms with Gasteiger partial charge in [0, 0.05) is 40.6 Å². The zero-order chi connectivity index (χ0) is 18.2. The molecule has 25 heavy (non-hydrogen) atoms. The summed E-state index contributed by atoms with van der Waals surface area (Å²) >= 11 is 0. The van der Waals surface area contributed by atoms with E-state index < -0.39 is 10.8 Å². The molecular weight excluding hydrogens is 338 g/mol. The molecule has 1 atom stereocenters. The molecule has 2 rings (SSSR count). The van der Waals surface area contributed by atoms with Crippen molar-refractivity contribution in [3.05, 3.63) is 65.7 Å². The highest BCUT2D eigenvalue weighted by molar-refractivity contribution is 7.84. The van der Waals surface area contributed by atoms with Crippen molar-refractivity contribution < 1.29 is 18.5 Å². The van der Waals surface area contributed by atoms with Crippen molar-refractivity contribution in [1.82, 2.24) is 4.90 Å². The summed E-state index contributed by atoms with van der Waals surface area (Å²) in [6.07, 6.45) is 1.72. The first-order chi connectivity index (χ1) is 12.0. The van der Waals surface area contributed by atoms with Crippen LogP contribution in [-0.4, -0.2) is 40.9 Å². The molecule has 0 heterocycles. The van der Waals surface area contributed by atoms with Crippen LogP contribution in [0.25, 0.3) is 0 Å². The van der Waals surface area contributed by atoms with E-state index in [0.29, 0.717) is 17.0 Å². The highest BCUT2D eigenvalue weighted by atomic mass is 32.2. The molecule has 0 bridgehead atoms. The third-order valence-corrected chi connectivity index (χ3v) is 4.69. The molecule has 0 fully saturated rings. The van der Waals surface area contributed by atoms with E-state index >= 15 is 0 Å². The molecule has 0 aromatic heterocycles. The van der Waals surface area contributed by atoms with Crippen LogP contribution in [-0.2, 0) is 26.9 Å². The van der Waals surface area contributed by atoms with Gasteiger partial charge < -0.3 is 9.64 Å². The summed E-state index contributed by atoms with van der Waals surface area (Å²) in [6.45, 7) is 0.667. The number of esters is 1. The number of hydrogen-bond acceptors (Lipinski definition) is 4. The van der Waals surface area contributed by atoms with Crippen LogP contribution in [0.2, 0.25) is 0 Å². The van der Waals surface area contributed by atoms with Gasteiger partial charge in [-0.25, -0.2) is 0 Å². The fourth-order valence-corrected chi connectivity index (χ4v) is 2.88.